The van der Waals surface area contributed by atoms with Gasteiger partial charge in [0.1, 0.15) is 0 Å². The lowest BCUT2D eigenvalue weighted by atomic mass is 10.1. The SMILES string of the molecule is O=C1NC(=O)c2cc(S(=O)(=O)Nc3cccc(I)c3)ccc21. The molecule has 0 fully saturated rings. The fraction of sp³-hybridized carbons (Fsp3) is 0. The maximum absolute atomic E-state index is 12.4. The van der Waals surface area contributed by atoms with Crippen molar-refractivity contribution in [2.45, 2.75) is 4.90 Å². The Kier molecular flexibility index (Phi) is 3.65. The van der Waals surface area contributed by atoms with Gasteiger partial charge in [-0.2, -0.15) is 0 Å². The maximum atomic E-state index is 12.4. The largest absolute Gasteiger partial charge is 0.288 e. The Labute approximate surface area is 140 Å². The van der Waals surface area contributed by atoms with Crippen LogP contribution in [0.3, 0.4) is 0 Å². The highest BCUT2D eigenvalue weighted by atomic mass is 127. The first-order valence-electron chi connectivity index (χ1n) is 6.15. The van der Waals surface area contributed by atoms with Gasteiger partial charge in [-0.05, 0) is 59.0 Å². The highest BCUT2D eigenvalue weighted by Gasteiger charge is 2.28. The van der Waals surface area contributed by atoms with Crippen LogP contribution in [0.25, 0.3) is 0 Å². The lowest BCUT2D eigenvalue weighted by molar-refractivity contribution is 0.0879. The number of hydrogen-bond acceptors (Lipinski definition) is 4. The molecule has 2 N–H and O–H groups in total. The Morgan fingerprint density at radius 2 is 1.68 bits per heavy atom. The van der Waals surface area contributed by atoms with E-state index in [0.717, 1.165) is 3.57 Å². The molecule has 0 aliphatic carbocycles. The van der Waals surface area contributed by atoms with E-state index in [9.17, 15) is 18.0 Å². The van der Waals surface area contributed by atoms with Crippen molar-refractivity contribution in [3.63, 3.8) is 0 Å². The van der Waals surface area contributed by atoms with Gasteiger partial charge in [0.25, 0.3) is 21.8 Å². The molecule has 8 heteroatoms. The molecule has 3 rings (SSSR count). The van der Waals surface area contributed by atoms with Gasteiger partial charge in [-0.15, -0.1) is 0 Å². The number of benzene rings is 2. The summed E-state index contributed by atoms with van der Waals surface area (Å²) in [5.74, 6) is -1.11. The zero-order valence-corrected chi connectivity index (χ0v) is 13.9. The maximum Gasteiger partial charge on any atom is 0.261 e. The molecule has 2 aromatic carbocycles. The first kappa shape index (κ1) is 15.0. The third kappa shape index (κ3) is 2.71. The summed E-state index contributed by atoms with van der Waals surface area (Å²) in [7, 11) is -3.84. The third-order valence-corrected chi connectivity index (χ3v) is 5.14. The molecular formula is C14H9IN2O4S. The zero-order valence-electron chi connectivity index (χ0n) is 11.0. The number of sulfonamides is 1. The minimum Gasteiger partial charge on any atom is -0.288 e. The van der Waals surface area contributed by atoms with Gasteiger partial charge < -0.3 is 0 Å². The van der Waals surface area contributed by atoms with Crippen LogP contribution >= 0.6 is 22.6 Å². The predicted octanol–water partition coefficient (Wildman–Crippen LogP) is 1.98. The second kappa shape index (κ2) is 5.36. The van der Waals surface area contributed by atoms with Gasteiger partial charge in [0.2, 0.25) is 0 Å². The van der Waals surface area contributed by atoms with Crippen molar-refractivity contribution >= 4 is 50.1 Å². The van der Waals surface area contributed by atoms with E-state index in [1.807, 2.05) is 6.07 Å². The van der Waals surface area contributed by atoms with Gasteiger partial charge >= 0.3 is 0 Å². The summed E-state index contributed by atoms with van der Waals surface area (Å²) in [6, 6.07) is 10.7. The number of imide groups is 1. The Morgan fingerprint density at radius 3 is 2.41 bits per heavy atom. The molecule has 112 valence electrons. The van der Waals surface area contributed by atoms with Crippen molar-refractivity contribution in [2.24, 2.45) is 0 Å². The third-order valence-electron chi connectivity index (χ3n) is 3.09. The minimum absolute atomic E-state index is 0.0653. The van der Waals surface area contributed by atoms with Crippen LogP contribution in [0.1, 0.15) is 20.7 Å². The number of amides is 2. The van der Waals surface area contributed by atoms with Gasteiger partial charge in [-0.25, -0.2) is 8.42 Å². The van der Waals surface area contributed by atoms with Crippen molar-refractivity contribution in [1.29, 1.82) is 0 Å². The van der Waals surface area contributed by atoms with E-state index < -0.39 is 21.8 Å². The van der Waals surface area contributed by atoms with Gasteiger partial charge in [0.15, 0.2) is 0 Å². The lowest BCUT2D eigenvalue weighted by Gasteiger charge is -2.09. The van der Waals surface area contributed by atoms with Crippen molar-refractivity contribution in [1.82, 2.24) is 5.32 Å². The quantitative estimate of drug-likeness (QED) is 0.578. The summed E-state index contributed by atoms with van der Waals surface area (Å²) in [6.45, 7) is 0. The molecule has 0 radical (unpaired) electrons. The number of nitrogens with one attached hydrogen (secondary N) is 2. The van der Waals surface area contributed by atoms with E-state index in [1.165, 1.54) is 18.2 Å². The monoisotopic (exact) mass is 428 g/mol. The van der Waals surface area contributed by atoms with Crippen LogP contribution in [0.2, 0.25) is 0 Å². The molecule has 2 amide bonds. The van der Waals surface area contributed by atoms with Crippen LogP contribution in [-0.2, 0) is 10.0 Å². The number of anilines is 1. The van der Waals surface area contributed by atoms with E-state index in [1.54, 1.807) is 18.2 Å². The average Bonchev–Trinajstić information content (AvgIpc) is 2.73. The summed E-state index contributed by atoms with van der Waals surface area (Å²) >= 11 is 2.08. The van der Waals surface area contributed by atoms with Crippen LogP contribution in [-0.4, -0.2) is 20.2 Å². The highest BCUT2D eigenvalue weighted by Crippen LogP contribution is 2.22. The number of carbonyl (C=O) groups excluding carboxylic acids is 2. The van der Waals surface area contributed by atoms with Crippen molar-refractivity contribution in [3.05, 3.63) is 57.2 Å². The molecule has 0 saturated carbocycles. The summed E-state index contributed by atoms with van der Waals surface area (Å²) in [4.78, 5) is 23.0. The minimum atomic E-state index is -3.84. The second-order valence-electron chi connectivity index (χ2n) is 4.61. The number of carbonyl (C=O) groups is 2. The Morgan fingerprint density at radius 1 is 0.955 bits per heavy atom. The molecule has 6 nitrogen and oxygen atoms in total. The fourth-order valence-corrected chi connectivity index (χ4v) is 3.70. The van der Waals surface area contributed by atoms with E-state index in [-0.39, 0.29) is 16.0 Å². The van der Waals surface area contributed by atoms with Crippen molar-refractivity contribution in [3.8, 4) is 0 Å². The smallest absolute Gasteiger partial charge is 0.261 e. The first-order chi connectivity index (χ1) is 10.4. The van der Waals surface area contributed by atoms with Crippen LogP contribution in [0.4, 0.5) is 5.69 Å². The van der Waals surface area contributed by atoms with E-state index in [4.69, 9.17) is 0 Å². The molecule has 1 heterocycles. The summed E-state index contributed by atoms with van der Waals surface area (Å²) in [5.41, 5.74) is 0.668. The molecule has 0 atom stereocenters. The van der Waals surface area contributed by atoms with Crippen molar-refractivity contribution in [2.75, 3.05) is 4.72 Å². The fourth-order valence-electron chi connectivity index (χ4n) is 2.08. The Hall–Kier alpha value is -1.94. The van der Waals surface area contributed by atoms with Crippen LogP contribution in [0, 0.1) is 3.57 Å². The summed E-state index contributed by atoms with van der Waals surface area (Å²) in [6.07, 6.45) is 0. The molecule has 0 bridgehead atoms. The summed E-state index contributed by atoms with van der Waals surface area (Å²) in [5, 5.41) is 2.12. The molecule has 0 saturated heterocycles. The highest BCUT2D eigenvalue weighted by molar-refractivity contribution is 14.1. The molecule has 0 spiro atoms. The van der Waals surface area contributed by atoms with Gasteiger partial charge in [-0.3, -0.25) is 19.6 Å². The number of fused-ring (bicyclic) bond motifs is 1. The molecule has 2 aromatic rings. The zero-order chi connectivity index (χ0) is 15.9. The molecular weight excluding hydrogens is 419 g/mol. The van der Waals surface area contributed by atoms with Gasteiger partial charge in [-0.1, -0.05) is 6.07 Å². The van der Waals surface area contributed by atoms with E-state index >= 15 is 0 Å². The molecule has 22 heavy (non-hydrogen) atoms. The number of halogens is 1. The van der Waals surface area contributed by atoms with E-state index in [2.05, 4.69) is 32.6 Å². The van der Waals surface area contributed by atoms with Crippen LogP contribution < -0.4 is 10.0 Å². The van der Waals surface area contributed by atoms with Gasteiger partial charge in [0, 0.05) is 9.26 Å². The standard InChI is InChI=1S/C14H9IN2O4S/c15-8-2-1-3-9(6-8)17-22(20,21)10-4-5-11-12(7-10)14(19)16-13(11)18/h1-7,17H,(H,16,18,19). The first-order valence-corrected chi connectivity index (χ1v) is 8.71. The predicted molar refractivity (Wildman–Crippen MR) is 88.2 cm³/mol. The van der Waals surface area contributed by atoms with Crippen molar-refractivity contribution < 1.29 is 18.0 Å². The van der Waals surface area contributed by atoms with Crippen LogP contribution in [0.15, 0.2) is 47.4 Å². The Balaban J connectivity index is 1.98. The Bertz CT molecular complexity index is 909. The second-order valence-corrected chi connectivity index (χ2v) is 7.53. The number of rotatable bonds is 3. The van der Waals surface area contributed by atoms with Crippen LogP contribution in [0.5, 0.6) is 0 Å². The molecule has 0 aromatic heterocycles. The van der Waals surface area contributed by atoms with E-state index in [0.29, 0.717) is 5.69 Å². The molecule has 0 unspecified atom stereocenters. The normalized spacial score (nSPS) is 13.7. The average molecular weight is 428 g/mol. The topological polar surface area (TPSA) is 92.3 Å². The number of hydrogen-bond donors (Lipinski definition) is 2. The molecule has 1 aliphatic rings. The van der Waals surface area contributed by atoms with Gasteiger partial charge in [0.05, 0.1) is 16.0 Å². The lowest BCUT2D eigenvalue weighted by Crippen LogP contribution is -2.19. The summed E-state index contributed by atoms with van der Waals surface area (Å²) < 4.78 is 28.1. The molecule has 1 aliphatic heterocycles.